The first-order valence-corrected chi connectivity index (χ1v) is 7.06. The minimum atomic E-state index is 0.705. The van der Waals surface area contributed by atoms with Crippen molar-refractivity contribution in [3.05, 3.63) is 56.5 Å². The number of benzene rings is 2. The molecule has 0 saturated carbocycles. The van der Waals surface area contributed by atoms with E-state index in [0.29, 0.717) is 10.0 Å². The van der Waals surface area contributed by atoms with Gasteiger partial charge >= 0.3 is 0 Å². The lowest BCUT2D eigenvalue weighted by Crippen LogP contribution is -2.06. The predicted octanol–water partition coefficient (Wildman–Crippen LogP) is 5.14. The SMILES string of the molecule is CNCc1ccc(Cl)cc1-c1c(Cl)cccc1Br. The standard InChI is InChI=1S/C14H12BrCl2N/c1-18-8-9-5-6-10(16)7-11(9)14-12(15)3-2-4-13(14)17/h2-7,18H,8H2,1H3. The van der Waals surface area contributed by atoms with Crippen LogP contribution >= 0.6 is 39.1 Å². The van der Waals surface area contributed by atoms with Crippen LogP contribution in [0.5, 0.6) is 0 Å². The van der Waals surface area contributed by atoms with Crippen LogP contribution in [0.15, 0.2) is 40.9 Å². The Morgan fingerprint density at radius 2 is 1.94 bits per heavy atom. The van der Waals surface area contributed by atoms with Gasteiger partial charge in [0.1, 0.15) is 0 Å². The highest BCUT2D eigenvalue weighted by Gasteiger charge is 2.12. The summed E-state index contributed by atoms with van der Waals surface area (Å²) in [6.07, 6.45) is 0. The summed E-state index contributed by atoms with van der Waals surface area (Å²) in [7, 11) is 1.92. The highest BCUT2D eigenvalue weighted by atomic mass is 79.9. The van der Waals surface area contributed by atoms with Gasteiger partial charge in [-0.1, -0.05) is 51.3 Å². The van der Waals surface area contributed by atoms with Crippen LogP contribution in [-0.4, -0.2) is 7.05 Å². The first kappa shape index (κ1) is 13.9. The number of halogens is 3. The lowest BCUT2D eigenvalue weighted by molar-refractivity contribution is 0.819. The minimum absolute atomic E-state index is 0.705. The van der Waals surface area contributed by atoms with Gasteiger partial charge in [0.2, 0.25) is 0 Å². The van der Waals surface area contributed by atoms with Gasteiger partial charge in [0, 0.05) is 26.6 Å². The van der Waals surface area contributed by atoms with Crippen LogP contribution in [0.1, 0.15) is 5.56 Å². The molecule has 4 heteroatoms. The maximum Gasteiger partial charge on any atom is 0.0495 e. The summed E-state index contributed by atoms with van der Waals surface area (Å²) in [6.45, 7) is 0.768. The first-order chi connectivity index (χ1) is 8.63. The van der Waals surface area contributed by atoms with E-state index in [4.69, 9.17) is 23.2 Å². The molecule has 0 unspecified atom stereocenters. The average molecular weight is 345 g/mol. The third kappa shape index (κ3) is 2.89. The Hall–Kier alpha value is -0.540. The minimum Gasteiger partial charge on any atom is -0.316 e. The Bertz CT molecular complexity index is 549. The van der Waals surface area contributed by atoms with Crippen molar-refractivity contribution in [2.45, 2.75) is 6.54 Å². The van der Waals surface area contributed by atoms with E-state index in [2.05, 4.69) is 21.2 Å². The second-order valence-corrected chi connectivity index (χ2v) is 5.63. The van der Waals surface area contributed by atoms with Crippen LogP contribution in [0.2, 0.25) is 10.0 Å². The first-order valence-electron chi connectivity index (χ1n) is 5.51. The summed E-state index contributed by atoms with van der Waals surface area (Å²) in [4.78, 5) is 0. The summed E-state index contributed by atoms with van der Waals surface area (Å²) in [5.41, 5.74) is 3.19. The number of hydrogen-bond acceptors (Lipinski definition) is 1. The Morgan fingerprint density at radius 3 is 2.61 bits per heavy atom. The largest absolute Gasteiger partial charge is 0.316 e. The van der Waals surface area contributed by atoms with Crippen LogP contribution in [0.25, 0.3) is 11.1 Å². The molecule has 0 amide bonds. The van der Waals surface area contributed by atoms with Gasteiger partial charge < -0.3 is 5.32 Å². The van der Waals surface area contributed by atoms with Crippen molar-refractivity contribution in [1.29, 1.82) is 0 Å². The molecule has 0 spiro atoms. The molecule has 0 heterocycles. The van der Waals surface area contributed by atoms with Crippen LogP contribution in [0.3, 0.4) is 0 Å². The van der Waals surface area contributed by atoms with Crippen molar-refractivity contribution in [2.24, 2.45) is 0 Å². The topological polar surface area (TPSA) is 12.0 Å². The van der Waals surface area contributed by atoms with Gasteiger partial charge in [0.15, 0.2) is 0 Å². The summed E-state index contributed by atoms with van der Waals surface area (Å²) in [5.74, 6) is 0. The number of nitrogens with one attached hydrogen (secondary N) is 1. The molecular formula is C14H12BrCl2N. The van der Waals surface area contributed by atoms with Crippen molar-refractivity contribution < 1.29 is 0 Å². The zero-order chi connectivity index (χ0) is 13.1. The van der Waals surface area contributed by atoms with Gasteiger partial charge in [0.25, 0.3) is 0 Å². The Kier molecular flexibility index (Phi) is 4.68. The third-order valence-corrected chi connectivity index (χ3v) is 3.88. The van der Waals surface area contributed by atoms with Gasteiger partial charge in [-0.2, -0.15) is 0 Å². The van der Waals surface area contributed by atoms with E-state index < -0.39 is 0 Å². The molecule has 0 aliphatic carbocycles. The van der Waals surface area contributed by atoms with E-state index in [0.717, 1.165) is 27.7 Å². The molecule has 0 saturated heterocycles. The van der Waals surface area contributed by atoms with E-state index >= 15 is 0 Å². The van der Waals surface area contributed by atoms with E-state index in [1.54, 1.807) is 0 Å². The molecule has 1 nitrogen and oxygen atoms in total. The lowest BCUT2D eigenvalue weighted by atomic mass is 9.99. The molecule has 1 N–H and O–H groups in total. The molecule has 0 bridgehead atoms. The normalized spacial score (nSPS) is 10.7. The van der Waals surface area contributed by atoms with Gasteiger partial charge in [0.05, 0.1) is 0 Å². The Balaban J connectivity index is 2.65. The average Bonchev–Trinajstić information content (AvgIpc) is 2.32. The third-order valence-electron chi connectivity index (χ3n) is 2.67. The van der Waals surface area contributed by atoms with Gasteiger partial charge in [-0.25, -0.2) is 0 Å². The Labute approximate surface area is 125 Å². The van der Waals surface area contributed by atoms with Crippen LogP contribution < -0.4 is 5.32 Å². The van der Waals surface area contributed by atoms with Crippen LogP contribution in [0.4, 0.5) is 0 Å². The fourth-order valence-electron chi connectivity index (χ4n) is 1.88. The van der Waals surface area contributed by atoms with Gasteiger partial charge in [-0.15, -0.1) is 0 Å². The van der Waals surface area contributed by atoms with E-state index in [1.165, 1.54) is 0 Å². The van der Waals surface area contributed by atoms with E-state index in [9.17, 15) is 0 Å². The molecule has 0 aliphatic rings. The fraction of sp³-hybridized carbons (Fsp3) is 0.143. The summed E-state index contributed by atoms with van der Waals surface area (Å²) >= 11 is 15.9. The van der Waals surface area contributed by atoms with Crippen molar-refractivity contribution in [3.8, 4) is 11.1 Å². The maximum absolute atomic E-state index is 6.30. The maximum atomic E-state index is 6.30. The van der Waals surface area contributed by atoms with Crippen LogP contribution in [-0.2, 0) is 6.54 Å². The zero-order valence-corrected chi connectivity index (χ0v) is 12.9. The van der Waals surface area contributed by atoms with Gasteiger partial charge in [-0.05, 0) is 42.4 Å². The van der Waals surface area contributed by atoms with Crippen molar-refractivity contribution in [1.82, 2.24) is 5.32 Å². The molecule has 2 aromatic carbocycles. The summed E-state index contributed by atoms with van der Waals surface area (Å²) in [5, 5.41) is 4.57. The molecule has 2 aromatic rings. The molecule has 0 fully saturated rings. The molecule has 94 valence electrons. The monoisotopic (exact) mass is 343 g/mol. The predicted molar refractivity (Wildman–Crippen MR) is 82.4 cm³/mol. The Morgan fingerprint density at radius 1 is 1.17 bits per heavy atom. The molecule has 0 aliphatic heterocycles. The number of rotatable bonds is 3. The van der Waals surface area contributed by atoms with Gasteiger partial charge in [-0.3, -0.25) is 0 Å². The summed E-state index contributed by atoms with van der Waals surface area (Å²) < 4.78 is 0.967. The highest BCUT2D eigenvalue weighted by molar-refractivity contribution is 9.10. The zero-order valence-electron chi connectivity index (χ0n) is 9.81. The second-order valence-electron chi connectivity index (χ2n) is 3.93. The van der Waals surface area contributed by atoms with Crippen LogP contribution in [0, 0.1) is 0 Å². The molecule has 2 rings (SSSR count). The molecule has 0 radical (unpaired) electrons. The van der Waals surface area contributed by atoms with E-state index in [-0.39, 0.29) is 0 Å². The summed E-state index contributed by atoms with van der Waals surface area (Å²) in [6, 6.07) is 11.6. The highest BCUT2D eigenvalue weighted by Crippen LogP contribution is 2.37. The molecule has 0 atom stereocenters. The number of hydrogen-bond donors (Lipinski definition) is 1. The lowest BCUT2D eigenvalue weighted by Gasteiger charge is -2.13. The molecule has 0 aromatic heterocycles. The molecular weight excluding hydrogens is 333 g/mol. The second kappa shape index (κ2) is 6.07. The fourth-order valence-corrected chi connectivity index (χ4v) is 3.02. The van der Waals surface area contributed by atoms with Crippen molar-refractivity contribution in [3.63, 3.8) is 0 Å². The van der Waals surface area contributed by atoms with Crippen molar-refractivity contribution >= 4 is 39.1 Å². The quantitative estimate of drug-likeness (QED) is 0.812. The molecule has 18 heavy (non-hydrogen) atoms. The van der Waals surface area contributed by atoms with E-state index in [1.807, 2.05) is 43.4 Å². The smallest absolute Gasteiger partial charge is 0.0495 e. The van der Waals surface area contributed by atoms with Crippen molar-refractivity contribution in [2.75, 3.05) is 7.05 Å².